The molecule has 4 saturated heterocycles. The van der Waals surface area contributed by atoms with Crippen LogP contribution in [-0.4, -0.2) is 282 Å². The number of aromatic nitrogens is 8. The van der Waals surface area contributed by atoms with Crippen LogP contribution in [0.1, 0.15) is 263 Å². The average Bonchev–Trinajstić information content (AvgIpc) is 0.849. The lowest BCUT2D eigenvalue weighted by atomic mass is 9.77. The van der Waals surface area contributed by atoms with Crippen molar-refractivity contribution in [3.63, 3.8) is 0 Å². The van der Waals surface area contributed by atoms with Gasteiger partial charge in [-0.3, -0.25) is 38.4 Å². The predicted octanol–water partition coefficient (Wildman–Crippen LogP) is 12.1. The zero-order valence-electron chi connectivity index (χ0n) is 85.1. The molecule has 34 heteroatoms. The molecule has 30 atom stereocenters. The lowest BCUT2D eigenvalue weighted by Gasteiger charge is -2.42. The Hall–Kier alpha value is -8.52. The third kappa shape index (κ3) is 29.8. The minimum absolute atomic E-state index is 0.0168. The molecule has 34 nitrogen and oxygen atoms in total. The summed E-state index contributed by atoms with van der Waals surface area (Å²) >= 11 is 0. The van der Waals surface area contributed by atoms with E-state index < -0.39 is 156 Å². The van der Waals surface area contributed by atoms with Crippen LogP contribution in [0, 0.1) is 71.0 Å². The number of methoxy groups -OCH3 is 6. The van der Waals surface area contributed by atoms with Crippen molar-refractivity contribution in [2.24, 2.45) is 71.0 Å². The molecule has 2 aromatic rings. The Labute approximate surface area is 815 Å². The highest BCUT2D eigenvalue weighted by atomic mass is 16.6. The molecule has 2 saturated carbocycles. The highest BCUT2D eigenvalue weighted by Crippen LogP contribution is 2.44. The number of hydrogen-bond acceptors (Lipinski definition) is 30. The summed E-state index contributed by atoms with van der Waals surface area (Å²) in [6.45, 7) is 25.6. The van der Waals surface area contributed by atoms with Gasteiger partial charge in [0.25, 0.3) is 23.4 Å². The van der Waals surface area contributed by atoms with E-state index in [9.17, 15) is 68.4 Å². The molecule has 8 unspecified atom stereocenters. The molecule has 138 heavy (non-hydrogen) atoms. The number of tetrazole rings is 2. The molecule has 10 rings (SSSR count). The summed E-state index contributed by atoms with van der Waals surface area (Å²) in [5.41, 5.74) is 2.54. The van der Waals surface area contributed by atoms with Gasteiger partial charge in [-0.15, -0.1) is 15.3 Å². The molecular weight excluding hydrogens is 1770 g/mol. The second-order valence-electron chi connectivity index (χ2n) is 40.7. The van der Waals surface area contributed by atoms with Gasteiger partial charge in [0.05, 0.1) is 48.7 Å². The predicted molar refractivity (Wildman–Crippen MR) is 512 cm³/mol. The quantitative estimate of drug-likeness (QED) is 0.0775. The van der Waals surface area contributed by atoms with Gasteiger partial charge in [0.15, 0.2) is 17.9 Å². The molecule has 8 aliphatic rings. The van der Waals surface area contributed by atoms with Crippen molar-refractivity contribution >= 4 is 58.5 Å². The first-order valence-corrected chi connectivity index (χ1v) is 50.1. The summed E-state index contributed by atoms with van der Waals surface area (Å²) in [7, 11) is 9.23. The number of nitrogens with zero attached hydrogens (tertiary/aromatic N) is 10. The van der Waals surface area contributed by atoms with Crippen LogP contribution >= 0.6 is 0 Å². The summed E-state index contributed by atoms with van der Waals surface area (Å²) in [6, 6.07) is -2.44. The Morgan fingerprint density at radius 1 is 0.464 bits per heavy atom. The SMILES string of the molecule is COC1C(=O)C(C)C[C@H](C)/C=C/C=C/C=C(\C)[C@@H](OC)C[C@@H]2CC[C@@H](C)C(O)(O2)C(=O)C(=O)N2CCCCC2C(=O)O[C@H]([C@H](C)C[C@@H]2CC[C@H](n3cnnn3)[C@H](OC)C2)CC(=O)[C@H](C)/C=C(\C)[C@H]1O.COC1C(=O)C(C)C[C@H](C)/C=C/C=C/C=C(\C)[C@@H](OC)C[C@@H]2CC[C@@H](C)C(O)(O2)C(=O)C(=O)N2CCCCC2C(=O)O[C@H]([C@H](C)C[C@@H]2CC[C@H](n3ncnn3)[C@H](OC)C2)CC(=O)[C@H](C)/C=C(\C)[C@H]1O. The smallest absolute Gasteiger partial charge is 0.329 e. The molecule has 8 heterocycles. The van der Waals surface area contributed by atoms with E-state index in [0.717, 1.165) is 36.8 Å². The molecule has 6 aliphatic heterocycles. The largest absolute Gasteiger partial charge is 0.460 e. The van der Waals surface area contributed by atoms with Gasteiger partial charge in [-0.25, -0.2) is 14.3 Å². The Balaban J connectivity index is 0.000000309. The van der Waals surface area contributed by atoms with Gasteiger partial charge in [0, 0.05) is 117 Å². The molecule has 4 N–H and O–H groups in total. The van der Waals surface area contributed by atoms with E-state index in [1.807, 2.05) is 116 Å². The number of cyclic esters (lactones) is 2. The van der Waals surface area contributed by atoms with Crippen LogP contribution in [-0.2, 0) is 95.3 Å². The topological polar surface area (TPSA) is 438 Å². The number of Topliss-reactive ketones (excluding diaryl/α,β-unsaturated/α-hetero) is 6. The standard InChI is InChI=1S/2C52H79N5O12/c1-31-16-12-11-13-17-32(2)43(65-8)28-39-21-19-37(7)52(64,69-39)49(61)50(62)56-23-15-14-18-41(56)51(63)68-44(34(4)26-38-20-22-40(45(27-38)66-9)57-30-53-54-55-57)29-42(58)33(3)25-36(6)47(60)48(67-10)46(59)35(5)24-31;1-31-16-12-11-13-17-32(2)43(65-8)28-39-21-19-37(7)52(64,69-39)49(61)50(62)56-23-15-14-18-41(56)51(63)68-44(34(4)26-38-20-22-40(45(27-38)66-9)57-54-30-53-55-57)29-42(58)33(3)25-36(6)47(60)48(67-10)46(59)35(5)24-31/h2*11-13,16-17,25,30-31,33-35,37-41,43-45,47-48,60,64H,14-15,18-24,26-29H2,1-10H3/b2*13-11+,16-12+,32-17+,36-25+/t2*31-,33-,34-,35?,37-,38+,39+,40+,41?,43+,44+,45-,47-,48?,52?/m11/s1. The highest BCUT2D eigenvalue weighted by Gasteiger charge is 2.56. The van der Waals surface area contributed by atoms with Gasteiger partial charge in [-0.05, 0) is 230 Å². The van der Waals surface area contributed by atoms with Crippen molar-refractivity contribution in [2.75, 3.05) is 55.7 Å². The number of piperidine rings is 2. The molecule has 2 amide bonds. The maximum atomic E-state index is 14.5. The molecule has 0 radical (unpaired) electrons. The van der Waals surface area contributed by atoms with Gasteiger partial charge in [0.2, 0.25) is 11.6 Å². The van der Waals surface area contributed by atoms with E-state index in [0.29, 0.717) is 114 Å². The van der Waals surface area contributed by atoms with Crippen LogP contribution < -0.4 is 0 Å². The van der Waals surface area contributed by atoms with Crippen LogP contribution in [0.2, 0.25) is 0 Å². The fraction of sp³-hybridized carbons (Fsp3) is 0.731. The normalized spacial score (nSPS) is 38.8. The van der Waals surface area contributed by atoms with Gasteiger partial charge < -0.3 is 77.6 Å². The number of ketones is 6. The van der Waals surface area contributed by atoms with E-state index in [1.165, 1.54) is 30.3 Å². The summed E-state index contributed by atoms with van der Waals surface area (Å²) in [5, 5.41) is 70.9. The first-order valence-electron chi connectivity index (χ1n) is 50.1. The monoisotopic (exact) mass is 1930 g/mol. The molecule has 2 aromatic heterocycles. The van der Waals surface area contributed by atoms with E-state index in [1.54, 1.807) is 97.9 Å². The molecule has 768 valence electrons. The minimum Gasteiger partial charge on any atom is -0.460 e. The van der Waals surface area contributed by atoms with Gasteiger partial charge in [0.1, 0.15) is 66.6 Å². The maximum Gasteiger partial charge on any atom is 0.329 e. The van der Waals surface area contributed by atoms with E-state index >= 15 is 0 Å². The number of aliphatic hydroxyl groups excluding tert-OH is 2. The molecular formula is C104H158N10O24. The van der Waals surface area contributed by atoms with Gasteiger partial charge >= 0.3 is 11.9 Å². The van der Waals surface area contributed by atoms with Crippen molar-refractivity contribution in [3.05, 3.63) is 108 Å². The van der Waals surface area contributed by atoms with Crippen LogP contribution in [0.25, 0.3) is 0 Å². The lowest BCUT2D eigenvalue weighted by molar-refractivity contribution is -0.265. The van der Waals surface area contributed by atoms with E-state index in [-0.39, 0.29) is 122 Å². The van der Waals surface area contributed by atoms with Crippen molar-refractivity contribution in [2.45, 2.75) is 360 Å². The van der Waals surface area contributed by atoms with Crippen molar-refractivity contribution in [1.29, 1.82) is 0 Å². The molecule has 0 aromatic carbocycles. The Morgan fingerprint density at radius 2 is 0.884 bits per heavy atom. The molecule has 6 fully saturated rings. The number of hydrogen-bond donors (Lipinski definition) is 4. The Morgan fingerprint density at radius 3 is 1.27 bits per heavy atom. The van der Waals surface area contributed by atoms with Crippen LogP contribution in [0.3, 0.4) is 0 Å². The van der Waals surface area contributed by atoms with E-state index in [2.05, 4.69) is 30.9 Å². The fourth-order valence-electron chi connectivity index (χ4n) is 21.4. The number of ether oxygens (including phenoxy) is 10. The number of carbonyl (C=O) groups excluding carboxylic acids is 10. The van der Waals surface area contributed by atoms with Gasteiger partial charge in [-0.2, -0.15) is 4.80 Å². The van der Waals surface area contributed by atoms with Crippen LogP contribution in [0.4, 0.5) is 0 Å². The Bertz CT molecular complexity index is 4320. The maximum absolute atomic E-state index is 14.5. The van der Waals surface area contributed by atoms with Gasteiger partial charge in [-0.1, -0.05) is 142 Å². The summed E-state index contributed by atoms with van der Waals surface area (Å²) in [6.07, 6.45) is 27.6. The number of fused-ring (bicyclic) bond motifs is 6. The number of rotatable bonds is 14. The van der Waals surface area contributed by atoms with E-state index in [4.69, 9.17) is 47.4 Å². The minimum atomic E-state index is -2.43. The lowest BCUT2D eigenvalue weighted by Crippen LogP contribution is -2.61. The zero-order valence-corrected chi connectivity index (χ0v) is 85.1. The van der Waals surface area contributed by atoms with Crippen LogP contribution in [0.15, 0.2) is 108 Å². The van der Waals surface area contributed by atoms with Crippen molar-refractivity contribution in [3.8, 4) is 0 Å². The summed E-state index contributed by atoms with van der Waals surface area (Å²) in [5.74, 6) is -15.9. The second-order valence-corrected chi connectivity index (χ2v) is 40.7. The number of aliphatic hydroxyl groups is 4. The van der Waals surface area contributed by atoms with Crippen molar-refractivity contribution < 1.29 is 116 Å². The van der Waals surface area contributed by atoms with Crippen molar-refractivity contribution in [1.82, 2.24) is 50.2 Å². The average molecular weight is 1930 g/mol. The third-order valence-corrected chi connectivity index (χ3v) is 30.3. The van der Waals surface area contributed by atoms with Crippen LogP contribution in [0.5, 0.6) is 0 Å². The number of esters is 2. The number of carbonyl (C=O) groups is 10. The number of amides is 2. The zero-order chi connectivity index (χ0) is 101. The first-order chi connectivity index (χ1) is 65.6. The molecule has 4 bridgehead atoms. The molecule has 2 aliphatic carbocycles. The summed E-state index contributed by atoms with van der Waals surface area (Å²) < 4.78 is 61.4. The second kappa shape index (κ2) is 53.5. The fourth-order valence-corrected chi connectivity index (χ4v) is 21.4. The summed E-state index contributed by atoms with van der Waals surface area (Å²) in [4.78, 5) is 146. The molecule has 0 spiro atoms. The third-order valence-electron chi connectivity index (χ3n) is 30.3. The first kappa shape index (κ1) is 113. The highest BCUT2D eigenvalue weighted by molar-refractivity contribution is 6.39. The Kier molecular flexibility index (Phi) is 43.9. The number of allylic oxidation sites excluding steroid dienone is 12.